The average molecular weight is 208 g/mol. The molecule has 0 amide bonds. The van der Waals surface area contributed by atoms with Crippen molar-refractivity contribution in [2.45, 2.75) is 0 Å². The van der Waals surface area contributed by atoms with E-state index in [4.69, 9.17) is 9.94 Å². The monoisotopic (exact) mass is 208 g/mol. The molecule has 0 saturated heterocycles. The van der Waals surface area contributed by atoms with Gasteiger partial charge < -0.3 is 9.94 Å². The zero-order valence-corrected chi connectivity index (χ0v) is 8.28. The predicted octanol–water partition coefficient (Wildman–Crippen LogP) is 2.11. The van der Waals surface area contributed by atoms with Crippen molar-refractivity contribution in [2.24, 2.45) is 5.16 Å². The second-order valence-corrected chi connectivity index (χ2v) is 3.69. The molecule has 5 heteroatoms. The molecule has 0 bridgehead atoms. The fourth-order valence-corrected chi connectivity index (χ4v) is 1.97. The Bertz CT molecular complexity index is 479. The molecule has 1 aromatic carbocycles. The van der Waals surface area contributed by atoms with Crippen LogP contribution in [0.5, 0.6) is 5.75 Å². The number of hydrogen-bond donors (Lipinski definition) is 1. The van der Waals surface area contributed by atoms with Gasteiger partial charge in [-0.25, -0.2) is 4.98 Å². The summed E-state index contributed by atoms with van der Waals surface area (Å²) >= 11 is 1.47. The van der Waals surface area contributed by atoms with Gasteiger partial charge in [-0.1, -0.05) is 5.16 Å². The summed E-state index contributed by atoms with van der Waals surface area (Å²) in [5.41, 5.74) is 0.851. The lowest BCUT2D eigenvalue weighted by Gasteiger charge is -1.96. The maximum Gasteiger partial charge on any atom is 0.139 e. The first-order valence-corrected chi connectivity index (χ1v) is 4.77. The van der Waals surface area contributed by atoms with Gasteiger partial charge in [-0.2, -0.15) is 0 Å². The SMILES string of the molecule is COc1ccc2sc(C=NO)nc2c1. The van der Waals surface area contributed by atoms with Crippen LogP contribution in [-0.4, -0.2) is 23.5 Å². The van der Waals surface area contributed by atoms with Gasteiger partial charge in [0.25, 0.3) is 0 Å². The molecule has 14 heavy (non-hydrogen) atoms. The first-order chi connectivity index (χ1) is 6.83. The highest BCUT2D eigenvalue weighted by molar-refractivity contribution is 7.20. The maximum atomic E-state index is 8.36. The quantitative estimate of drug-likeness (QED) is 0.467. The molecule has 2 aromatic rings. The third kappa shape index (κ3) is 1.54. The lowest BCUT2D eigenvalue weighted by atomic mass is 10.3. The standard InChI is InChI=1S/C9H8N2O2S/c1-13-6-2-3-8-7(4-6)11-9(14-8)5-10-12/h2-5,12H,1H3. The Labute approximate surface area is 84.5 Å². The predicted molar refractivity (Wildman–Crippen MR) is 55.6 cm³/mol. The van der Waals surface area contributed by atoms with E-state index in [0.717, 1.165) is 16.0 Å². The Kier molecular flexibility index (Phi) is 2.32. The summed E-state index contributed by atoms with van der Waals surface area (Å²) in [6.45, 7) is 0. The third-order valence-electron chi connectivity index (χ3n) is 1.78. The second kappa shape index (κ2) is 3.63. The van der Waals surface area contributed by atoms with Gasteiger partial charge in [0.15, 0.2) is 0 Å². The molecule has 4 nitrogen and oxygen atoms in total. The molecule has 0 aliphatic heterocycles. The minimum Gasteiger partial charge on any atom is -0.497 e. The van der Waals surface area contributed by atoms with E-state index in [2.05, 4.69) is 10.1 Å². The van der Waals surface area contributed by atoms with E-state index in [1.165, 1.54) is 17.6 Å². The Balaban J connectivity index is 2.54. The molecule has 0 spiro atoms. The van der Waals surface area contributed by atoms with Crippen molar-refractivity contribution in [3.05, 3.63) is 23.2 Å². The molecule has 72 valence electrons. The molecule has 0 aliphatic rings. The van der Waals surface area contributed by atoms with Crippen LogP contribution in [0.4, 0.5) is 0 Å². The largest absolute Gasteiger partial charge is 0.497 e. The summed E-state index contributed by atoms with van der Waals surface area (Å²) in [4.78, 5) is 4.24. The zero-order valence-electron chi connectivity index (χ0n) is 7.47. The van der Waals surface area contributed by atoms with Crippen LogP contribution in [0.2, 0.25) is 0 Å². The maximum absolute atomic E-state index is 8.36. The first-order valence-electron chi connectivity index (χ1n) is 3.95. The van der Waals surface area contributed by atoms with E-state index < -0.39 is 0 Å². The number of methoxy groups -OCH3 is 1. The fraction of sp³-hybridized carbons (Fsp3) is 0.111. The number of rotatable bonds is 2. The number of benzene rings is 1. The minimum atomic E-state index is 0.677. The van der Waals surface area contributed by atoms with Gasteiger partial charge in [0.1, 0.15) is 17.0 Å². The van der Waals surface area contributed by atoms with Gasteiger partial charge >= 0.3 is 0 Å². The van der Waals surface area contributed by atoms with Crippen molar-refractivity contribution in [3.63, 3.8) is 0 Å². The number of fused-ring (bicyclic) bond motifs is 1. The van der Waals surface area contributed by atoms with Crippen molar-refractivity contribution < 1.29 is 9.94 Å². The zero-order chi connectivity index (χ0) is 9.97. The van der Waals surface area contributed by atoms with Gasteiger partial charge in [-0.3, -0.25) is 0 Å². The molecule has 1 aromatic heterocycles. The molecule has 0 radical (unpaired) electrons. The highest BCUT2D eigenvalue weighted by atomic mass is 32.1. The van der Waals surface area contributed by atoms with E-state index >= 15 is 0 Å². The van der Waals surface area contributed by atoms with Crippen LogP contribution in [0, 0.1) is 0 Å². The molecule has 0 aliphatic carbocycles. The minimum absolute atomic E-state index is 0.677. The van der Waals surface area contributed by atoms with Gasteiger partial charge in [0.05, 0.1) is 17.3 Å². The number of oxime groups is 1. The summed E-state index contributed by atoms with van der Waals surface area (Å²) in [6.07, 6.45) is 1.32. The van der Waals surface area contributed by atoms with Crippen LogP contribution in [0.3, 0.4) is 0 Å². The van der Waals surface area contributed by atoms with Crippen molar-refractivity contribution >= 4 is 27.8 Å². The molecule has 1 N–H and O–H groups in total. The van der Waals surface area contributed by atoms with Gasteiger partial charge in [0.2, 0.25) is 0 Å². The number of ether oxygens (including phenoxy) is 1. The van der Waals surface area contributed by atoms with Crippen LogP contribution >= 0.6 is 11.3 Å². The van der Waals surface area contributed by atoms with E-state index in [-0.39, 0.29) is 0 Å². The summed E-state index contributed by atoms with van der Waals surface area (Å²) in [6, 6.07) is 5.65. The molecule has 0 saturated carbocycles. The van der Waals surface area contributed by atoms with Crippen molar-refractivity contribution in [1.82, 2.24) is 4.98 Å². The van der Waals surface area contributed by atoms with Crippen LogP contribution in [0.15, 0.2) is 23.4 Å². The molecular formula is C9H8N2O2S. The lowest BCUT2D eigenvalue weighted by Crippen LogP contribution is -1.81. The Morgan fingerprint density at radius 1 is 1.57 bits per heavy atom. The topological polar surface area (TPSA) is 54.7 Å². The van der Waals surface area contributed by atoms with E-state index in [1.54, 1.807) is 7.11 Å². The molecule has 0 unspecified atom stereocenters. The molecule has 1 heterocycles. The number of thiazole rings is 1. The van der Waals surface area contributed by atoms with E-state index in [0.29, 0.717) is 5.01 Å². The van der Waals surface area contributed by atoms with Crippen molar-refractivity contribution in [1.29, 1.82) is 0 Å². The summed E-state index contributed by atoms with van der Waals surface area (Å²) in [5.74, 6) is 0.773. The molecule has 2 rings (SSSR count). The smallest absolute Gasteiger partial charge is 0.139 e. The number of aromatic nitrogens is 1. The van der Waals surface area contributed by atoms with E-state index in [9.17, 15) is 0 Å². The van der Waals surface area contributed by atoms with Gasteiger partial charge in [0, 0.05) is 6.07 Å². The second-order valence-electron chi connectivity index (χ2n) is 2.63. The van der Waals surface area contributed by atoms with Gasteiger partial charge in [-0.05, 0) is 12.1 Å². The highest BCUT2D eigenvalue weighted by Gasteiger charge is 2.02. The molecule has 0 fully saturated rings. The Hall–Kier alpha value is -1.62. The van der Waals surface area contributed by atoms with Gasteiger partial charge in [-0.15, -0.1) is 11.3 Å². The normalized spacial score (nSPS) is 11.2. The first kappa shape index (κ1) is 8.96. The molecular weight excluding hydrogens is 200 g/mol. The van der Waals surface area contributed by atoms with Crippen LogP contribution < -0.4 is 4.74 Å². The van der Waals surface area contributed by atoms with Crippen molar-refractivity contribution in [3.8, 4) is 5.75 Å². The van der Waals surface area contributed by atoms with Crippen LogP contribution in [0.1, 0.15) is 5.01 Å². The number of nitrogens with zero attached hydrogens (tertiary/aromatic N) is 2. The Morgan fingerprint density at radius 3 is 3.14 bits per heavy atom. The average Bonchev–Trinajstić information content (AvgIpc) is 2.59. The highest BCUT2D eigenvalue weighted by Crippen LogP contribution is 2.24. The van der Waals surface area contributed by atoms with E-state index in [1.807, 2.05) is 18.2 Å². The fourth-order valence-electron chi connectivity index (χ4n) is 1.16. The molecule has 0 atom stereocenters. The lowest BCUT2D eigenvalue weighted by molar-refractivity contribution is 0.322. The number of hydrogen-bond acceptors (Lipinski definition) is 5. The van der Waals surface area contributed by atoms with Crippen LogP contribution in [0.25, 0.3) is 10.2 Å². The summed E-state index contributed by atoms with van der Waals surface area (Å²) in [5, 5.41) is 12.0. The Morgan fingerprint density at radius 2 is 2.43 bits per heavy atom. The summed E-state index contributed by atoms with van der Waals surface area (Å²) in [7, 11) is 1.61. The van der Waals surface area contributed by atoms with Crippen LogP contribution in [-0.2, 0) is 0 Å². The summed E-state index contributed by atoms with van der Waals surface area (Å²) < 4.78 is 6.12. The van der Waals surface area contributed by atoms with Crippen molar-refractivity contribution in [2.75, 3.05) is 7.11 Å². The third-order valence-corrected chi connectivity index (χ3v) is 2.75.